The van der Waals surface area contributed by atoms with Crippen LogP contribution in [0.5, 0.6) is 0 Å². The van der Waals surface area contributed by atoms with E-state index in [-0.39, 0.29) is 18.0 Å². The van der Waals surface area contributed by atoms with Gasteiger partial charge >= 0.3 is 5.97 Å². The van der Waals surface area contributed by atoms with Gasteiger partial charge < -0.3 is 4.74 Å². The Morgan fingerprint density at radius 1 is 1.08 bits per heavy atom. The van der Waals surface area contributed by atoms with Gasteiger partial charge in [0.25, 0.3) is 10.0 Å². The highest BCUT2D eigenvalue weighted by Gasteiger charge is 2.27. The molecule has 0 aliphatic carbocycles. The predicted molar refractivity (Wildman–Crippen MR) is 102 cm³/mol. The van der Waals surface area contributed by atoms with Gasteiger partial charge in [0.1, 0.15) is 6.54 Å². The monoisotopic (exact) mass is 459 g/mol. The van der Waals surface area contributed by atoms with E-state index in [0.717, 1.165) is 13.4 Å². The van der Waals surface area contributed by atoms with Gasteiger partial charge in [-0.15, -0.1) is 0 Å². The molecular weight excluding hydrogens is 441 g/mol. The summed E-state index contributed by atoms with van der Waals surface area (Å²) in [7, 11) is -3.87. The largest absolute Gasteiger partial charge is 0.465 e. The Balaban J connectivity index is 2.45. The number of carbonyl (C=O) groups is 1. The number of hydrogen-bond donors (Lipinski definition) is 0. The van der Waals surface area contributed by atoms with Crippen molar-refractivity contribution in [1.82, 2.24) is 0 Å². The molecule has 7 heteroatoms. The van der Waals surface area contributed by atoms with Crippen LogP contribution in [0.15, 0.2) is 53.4 Å². The van der Waals surface area contributed by atoms with Gasteiger partial charge in [-0.3, -0.25) is 9.10 Å². The van der Waals surface area contributed by atoms with E-state index in [1.807, 2.05) is 6.92 Å². The topological polar surface area (TPSA) is 63.7 Å². The van der Waals surface area contributed by atoms with Crippen LogP contribution >= 0.6 is 22.6 Å². The maximum Gasteiger partial charge on any atom is 0.326 e. The number of hydrogen-bond acceptors (Lipinski definition) is 4. The molecule has 2 rings (SSSR count). The Kier molecular flexibility index (Phi) is 6.22. The molecule has 0 amide bonds. The molecule has 2 aromatic carbocycles. The van der Waals surface area contributed by atoms with Crippen molar-refractivity contribution in [3.8, 4) is 0 Å². The van der Waals surface area contributed by atoms with Crippen LogP contribution in [-0.4, -0.2) is 27.5 Å². The van der Waals surface area contributed by atoms with Gasteiger partial charge in [0.2, 0.25) is 0 Å². The lowest BCUT2D eigenvalue weighted by atomic mass is 10.2. The third-order valence-corrected chi connectivity index (χ3v) is 5.81. The highest BCUT2D eigenvalue weighted by Crippen LogP contribution is 2.24. The molecule has 5 nitrogen and oxygen atoms in total. The normalized spacial score (nSPS) is 11.1. The first kappa shape index (κ1) is 18.7. The lowest BCUT2D eigenvalue weighted by molar-refractivity contribution is -0.141. The van der Waals surface area contributed by atoms with Crippen LogP contribution < -0.4 is 4.31 Å². The first-order valence-corrected chi connectivity index (χ1v) is 9.87. The molecule has 0 saturated carbocycles. The summed E-state index contributed by atoms with van der Waals surface area (Å²) < 4.78 is 32.9. The van der Waals surface area contributed by atoms with Gasteiger partial charge in [-0.2, -0.15) is 0 Å². The first-order chi connectivity index (χ1) is 11.3. The van der Waals surface area contributed by atoms with Gasteiger partial charge in [-0.05, 0) is 72.8 Å². The Labute approximate surface area is 155 Å². The molecule has 0 atom stereocenters. The van der Waals surface area contributed by atoms with Crippen molar-refractivity contribution in [1.29, 1.82) is 0 Å². The number of halogens is 1. The van der Waals surface area contributed by atoms with E-state index in [9.17, 15) is 13.2 Å². The summed E-state index contributed by atoms with van der Waals surface area (Å²) in [6, 6.07) is 13.5. The van der Waals surface area contributed by atoms with Crippen molar-refractivity contribution in [2.45, 2.75) is 18.7 Å². The zero-order chi connectivity index (χ0) is 17.7. The second-order valence-electron chi connectivity index (χ2n) is 5.11. The van der Waals surface area contributed by atoms with E-state index in [1.165, 1.54) is 12.1 Å². The fourth-order valence-corrected chi connectivity index (χ4v) is 3.85. The van der Waals surface area contributed by atoms with Gasteiger partial charge in [0.05, 0.1) is 17.2 Å². The molecule has 0 aliphatic rings. The van der Waals surface area contributed by atoms with E-state index in [2.05, 4.69) is 22.6 Å². The van der Waals surface area contributed by atoms with Crippen LogP contribution in [0.3, 0.4) is 0 Å². The number of aryl methyl sites for hydroxylation is 1. The van der Waals surface area contributed by atoms with Crippen LogP contribution in [0.4, 0.5) is 5.69 Å². The first-order valence-electron chi connectivity index (χ1n) is 7.35. The van der Waals surface area contributed by atoms with Crippen molar-refractivity contribution < 1.29 is 17.9 Å². The second kappa shape index (κ2) is 7.98. The minimum atomic E-state index is -3.87. The van der Waals surface area contributed by atoms with Gasteiger partial charge in [-0.1, -0.05) is 17.7 Å². The van der Waals surface area contributed by atoms with Crippen molar-refractivity contribution in [3.05, 3.63) is 57.7 Å². The van der Waals surface area contributed by atoms with E-state index in [1.54, 1.807) is 43.3 Å². The molecule has 128 valence electrons. The number of sulfonamides is 1. The van der Waals surface area contributed by atoms with Crippen LogP contribution in [0, 0.1) is 10.5 Å². The van der Waals surface area contributed by atoms with E-state index >= 15 is 0 Å². The SMILES string of the molecule is CCOC(=O)CN(c1ccc(I)cc1)S(=O)(=O)c1ccc(C)cc1. The smallest absolute Gasteiger partial charge is 0.326 e. The van der Waals surface area contributed by atoms with Gasteiger partial charge in [0.15, 0.2) is 0 Å². The Hall–Kier alpha value is -1.61. The summed E-state index contributed by atoms with van der Waals surface area (Å²) in [6.07, 6.45) is 0. The predicted octanol–water partition coefficient (Wildman–Crippen LogP) is 3.36. The minimum absolute atomic E-state index is 0.135. The molecule has 0 heterocycles. The number of rotatable bonds is 6. The summed E-state index contributed by atoms with van der Waals surface area (Å²) in [4.78, 5) is 12.0. The molecule has 0 aliphatic heterocycles. The molecule has 0 unspecified atom stereocenters. The second-order valence-corrected chi connectivity index (χ2v) is 8.21. The lowest BCUT2D eigenvalue weighted by Gasteiger charge is -2.23. The number of carbonyl (C=O) groups excluding carboxylic acids is 1. The Morgan fingerprint density at radius 2 is 1.67 bits per heavy atom. The van der Waals surface area contributed by atoms with Crippen molar-refractivity contribution in [2.75, 3.05) is 17.5 Å². The standard InChI is InChI=1S/C17H18INO4S/c1-3-23-17(20)12-19(15-8-6-14(18)7-9-15)24(21,22)16-10-4-13(2)5-11-16/h4-11H,3,12H2,1-2H3. The molecule has 0 fully saturated rings. The zero-order valence-corrected chi connectivity index (χ0v) is 16.4. The fourth-order valence-electron chi connectivity index (χ4n) is 2.08. The molecule has 24 heavy (non-hydrogen) atoms. The summed E-state index contributed by atoms with van der Waals surface area (Å²) in [6.45, 7) is 3.39. The number of benzene rings is 2. The molecule has 0 spiro atoms. The highest BCUT2D eigenvalue weighted by atomic mass is 127. The van der Waals surface area contributed by atoms with Gasteiger partial charge in [-0.25, -0.2) is 8.42 Å². The average molecular weight is 459 g/mol. The average Bonchev–Trinajstić information content (AvgIpc) is 2.54. The molecule has 0 bridgehead atoms. The summed E-state index contributed by atoms with van der Waals surface area (Å²) in [5.41, 5.74) is 1.38. The molecule has 0 aromatic heterocycles. The summed E-state index contributed by atoms with van der Waals surface area (Å²) in [5, 5.41) is 0. The van der Waals surface area contributed by atoms with E-state index < -0.39 is 16.0 Å². The number of ether oxygens (including phenoxy) is 1. The lowest BCUT2D eigenvalue weighted by Crippen LogP contribution is -2.36. The minimum Gasteiger partial charge on any atom is -0.465 e. The van der Waals surface area contributed by atoms with E-state index in [4.69, 9.17) is 4.74 Å². The van der Waals surface area contributed by atoms with Crippen LogP contribution in [0.25, 0.3) is 0 Å². The number of esters is 1. The molecule has 0 N–H and O–H groups in total. The molecule has 2 aromatic rings. The Morgan fingerprint density at radius 3 is 2.21 bits per heavy atom. The summed E-state index contributed by atoms with van der Waals surface area (Å²) in [5.74, 6) is -0.591. The maximum atomic E-state index is 13.0. The van der Waals surface area contributed by atoms with Crippen LogP contribution in [0.2, 0.25) is 0 Å². The zero-order valence-electron chi connectivity index (χ0n) is 13.4. The van der Waals surface area contributed by atoms with Crippen molar-refractivity contribution >= 4 is 44.3 Å². The number of anilines is 1. The third kappa shape index (κ3) is 4.47. The molecule has 0 saturated heterocycles. The summed E-state index contributed by atoms with van der Waals surface area (Å²) >= 11 is 2.14. The highest BCUT2D eigenvalue weighted by molar-refractivity contribution is 14.1. The van der Waals surface area contributed by atoms with E-state index in [0.29, 0.717) is 5.69 Å². The number of nitrogens with zero attached hydrogens (tertiary/aromatic N) is 1. The molecule has 0 radical (unpaired) electrons. The molecular formula is C17H18INO4S. The quantitative estimate of drug-likeness (QED) is 0.491. The maximum absolute atomic E-state index is 13.0. The van der Waals surface area contributed by atoms with Crippen molar-refractivity contribution in [2.24, 2.45) is 0 Å². The van der Waals surface area contributed by atoms with Crippen LogP contribution in [0.1, 0.15) is 12.5 Å². The third-order valence-electron chi connectivity index (χ3n) is 3.30. The Bertz CT molecular complexity index is 801. The van der Waals surface area contributed by atoms with Crippen LogP contribution in [-0.2, 0) is 19.6 Å². The fraction of sp³-hybridized carbons (Fsp3) is 0.235. The van der Waals surface area contributed by atoms with Gasteiger partial charge in [0, 0.05) is 3.57 Å². The van der Waals surface area contributed by atoms with Crippen molar-refractivity contribution in [3.63, 3.8) is 0 Å².